The fourth-order valence-electron chi connectivity index (χ4n) is 3.19. The highest BCUT2D eigenvalue weighted by Gasteiger charge is 2.19. The Kier molecular flexibility index (Phi) is 6.90. The monoisotopic (exact) mass is 306 g/mol. The van der Waals surface area contributed by atoms with Gasteiger partial charge >= 0.3 is 0 Å². The molecule has 0 aliphatic heterocycles. The van der Waals surface area contributed by atoms with Crippen LogP contribution >= 0.6 is 0 Å². The maximum atomic E-state index is 12.0. The topological polar surface area (TPSA) is 72.9 Å². The first-order valence-corrected chi connectivity index (χ1v) is 8.74. The van der Waals surface area contributed by atoms with E-state index in [2.05, 4.69) is 16.5 Å². The van der Waals surface area contributed by atoms with Crippen LogP contribution in [-0.4, -0.2) is 22.2 Å². The molecule has 0 bridgehead atoms. The molecule has 5 nitrogen and oxygen atoms in total. The van der Waals surface area contributed by atoms with Gasteiger partial charge in [0.15, 0.2) is 0 Å². The van der Waals surface area contributed by atoms with Crippen molar-refractivity contribution in [1.29, 1.82) is 0 Å². The highest BCUT2D eigenvalue weighted by atomic mass is 16.1. The molecule has 3 N–H and O–H groups in total. The Labute approximate surface area is 133 Å². The molecule has 124 valence electrons. The summed E-state index contributed by atoms with van der Waals surface area (Å²) < 4.78 is 1.80. The number of carbonyl (C=O) groups excluding carboxylic acids is 1. The second-order valence-electron chi connectivity index (χ2n) is 6.41. The second kappa shape index (κ2) is 8.93. The van der Waals surface area contributed by atoms with Gasteiger partial charge in [-0.05, 0) is 32.2 Å². The average molecular weight is 306 g/mol. The van der Waals surface area contributed by atoms with E-state index in [0.717, 1.165) is 43.7 Å². The smallest absolute Gasteiger partial charge is 0.225 e. The fraction of sp³-hybridized carbons (Fsp3) is 0.765. The van der Waals surface area contributed by atoms with Crippen molar-refractivity contribution in [3.8, 4) is 0 Å². The highest BCUT2D eigenvalue weighted by molar-refractivity contribution is 5.89. The van der Waals surface area contributed by atoms with Crippen LogP contribution in [0.3, 0.4) is 0 Å². The molecule has 1 aromatic rings. The summed E-state index contributed by atoms with van der Waals surface area (Å²) in [7, 11) is 1.91. The first-order chi connectivity index (χ1) is 10.7. The van der Waals surface area contributed by atoms with E-state index in [1.807, 2.05) is 7.05 Å². The first kappa shape index (κ1) is 17.0. The molecular weight excluding hydrogens is 276 g/mol. The van der Waals surface area contributed by atoms with Crippen molar-refractivity contribution in [3.05, 3.63) is 11.8 Å². The van der Waals surface area contributed by atoms with Crippen molar-refractivity contribution in [2.45, 2.75) is 70.1 Å². The third-order valence-corrected chi connectivity index (χ3v) is 4.55. The highest BCUT2D eigenvalue weighted by Crippen LogP contribution is 2.32. The minimum absolute atomic E-state index is 0.0888. The van der Waals surface area contributed by atoms with Gasteiger partial charge in [-0.2, -0.15) is 5.10 Å². The van der Waals surface area contributed by atoms with Crippen molar-refractivity contribution in [1.82, 2.24) is 9.78 Å². The Morgan fingerprint density at radius 2 is 2.00 bits per heavy atom. The number of rotatable bonds is 8. The van der Waals surface area contributed by atoms with E-state index in [0.29, 0.717) is 12.3 Å². The van der Waals surface area contributed by atoms with Crippen molar-refractivity contribution >= 4 is 11.7 Å². The lowest BCUT2D eigenvalue weighted by atomic mass is 9.87. The molecule has 0 unspecified atom stereocenters. The third kappa shape index (κ3) is 5.13. The van der Waals surface area contributed by atoms with Crippen molar-refractivity contribution in [3.63, 3.8) is 0 Å². The minimum Gasteiger partial charge on any atom is -0.330 e. The molecular formula is C17H30N4O. The normalized spacial score (nSPS) is 15.9. The summed E-state index contributed by atoms with van der Waals surface area (Å²) in [6.07, 6.45) is 11.1. The molecule has 1 heterocycles. The number of aryl methyl sites for hydroxylation is 1. The predicted octanol–water partition coefficient (Wildman–Crippen LogP) is 3.32. The molecule has 1 aliphatic carbocycles. The number of nitrogens with one attached hydrogen (secondary N) is 1. The van der Waals surface area contributed by atoms with Crippen LogP contribution in [0, 0.1) is 0 Å². The molecule has 1 saturated carbocycles. The summed E-state index contributed by atoms with van der Waals surface area (Å²) in [4.78, 5) is 12.0. The number of hydrogen-bond donors (Lipinski definition) is 2. The number of unbranched alkanes of at least 4 members (excludes halogenated alkanes) is 3. The van der Waals surface area contributed by atoms with E-state index in [4.69, 9.17) is 5.73 Å². The number of carbonyl (C=O) groups is 1. The van der Waals surface area contributed by atoms with Gasteiger partial charge in [0.25, 0.3) is 0 Å². The van der Waals surface area contributed by atoms with Crippen molar-refractivity contribution < 1.29 is 4.79 Å². The zero-order chi connectivity index (χ0) is 15.8. The lowest BCUT2D eigenvalue weighted by Crippen LogP contribution is -2.13. The number of anilines is 1. The summed E-state index contributed by atoms with van der Waals surface area (Å²) in [5.41, 5.74) is 6.60. The minimum atomic E-state index is 0.0888. The first-order valence-electron chi connectivity index (χ1n) is 8.74. The van der Waals surface area contributed by atoms with Gasteiger partial charge < -0.3 is 11.1 Å². The summed E-state index contributed by atoms with van der Waals surface area (Å²) in [6, 6.07) is 2.06. The molecule has 1 aliphatic rings. The van der Waals surface area contributed by atoms with Gasteiger partial charge in [-0.1, -0.05) is 32.1 Å². The zero-order valence-corrected chi connectivity index (χ0v) is 13.8. The van der Waals surface area contributed by atoms with E-state index in [9.17, 15) is 4.79 Å². The molecule has 1 aromatic heterocycles. The van der Waals surface area contributed by atoms with Crippen LogP contribution in [0.15, 0.2) is 6.07 Å². The lowest BCUT2D eigenvalue weighted by Gasteiger charge is -2.19. The maximum absolute atomic E-state index is 12.0. The second-order valence-corrected chi connectivity index (χ2v) is 6.41. The van der Waals surface area contributed by atoms with Crippen LogP contribution < -0.4 is 11.1 Å². The number of amides is 1. The average Bonchev–Trinajstić information content (AvgIpc) is 2.89. The summed E-state index contributed by atoms with van der Waals surface area (Å²) in [6.45, 7) is 0.741. The van der Waals surface area contributed by atoms with Gasteiger partial charge in [-0.25, -0.2) is 0 Å². The Morgan fingerprint density at radius 3 is 2.73 bits per heavy atom. The molecule has 0 radical (unpaired) electrons. The van der Waals surface area contributed by atoms with Crippen LogP contribution in [0.25, 0.3) is 0 Å². The standard InChI is InChI=1S/C17H30N4O/c1-21-16(19-17(22)11-7-2-3-8-12-18)13-15(20-21)14-9-5-4-6-10-14/h13-14H,2-12,18H2,1H3,(H,19,22). The van der Waals surface area contributed by atoms with Crippen LogP contribution in [0.2, 0.25) is 0 Å². The fourth-order valence-corrected chi connectivity index (χ4v) is 3.19. The van der Waals surface area contributed by atoms with Gasteiger partial charge in [0.1, 0.15) is 5.82 Å². The SMILES string of the molecule is Cn1nc(C2CCCCC2)cc1NC(=O)CCCCCCN. The van der Waals surface area contributed by atoms with Gasteiger partial charge in [0.2, 0.25) is 5.91 Å². The number of hydrogen-bond acceptors (Lipinski definition) is 3. The molecule has 1 fully saturated rings. The molecule has 5 heteroatoms. The summed E-state index contributed by atoms with van der Waals surface area (Å²) in [5.74, 6) is 1.49. The van der Waals surface area contributed by atoms with Crippen molar-refractivity contribution in [2.24, 2.45) is 12.8 Å². The van der Waals surface area contributed by atoms with Crippen LogP contribution in [0.4, 0.5) is 5.82 Å². The Bertz CT molecular complexity index is 463. The number of nitrogens with zero attached hydrogens (tertiary/aromatic N) is 2. The molecule has 0 atom stereocenters. The Hall–Kier alpha value is -1.36. The zero-order valence-electron chi connectivity index (χ0n) is 13.8. The molecule has 1 amide bonds. The largest absolute Gasteiger partial charge is 0.330 e. The van der Waals surface area contributed by atoms with Crippen molar-refractivity contribution in [2.75, 3.05) is 11.9 Å². The summed E-state index contributed by atoms with van der Waals surface area (Å²) >= 11 is 0. The summed E-state index contributed by atoms with van der Waals surface area (Å²) in [5, 5.41) is 7.59. The molecule has 2 rings (SSSR count). The van der Waals surface area contributed by atoms with Gasteiger partial charge in [0.05, 0.1) is 5.69 Å². The Balaban J connectivity index is 1.79. The van der Waals surface area contributed by atoms with Crippen LogP contribution in [-0.2, 0) is 11.8 Å². The van der Waals surface area contributed by atoms with E-state index in [1.54, 1.807) is 4.68 Å². The molecule has 0 saturated heterocycles. The van der Waals surface area contributed by atoms with E-state index in [-0.39, 0.29) is 5.91 Å². The Morgan fingerprint density at radius 1 is 1.27 bits per heavy atom. The predicted molar refractivity (Wildman–Crippen MR) is 89.8 cm³/mol. The number of nitrogens with two attached hydrogens (primary N) is 1. The molecule has 0 spiro atoms. The molecule has 22 heavy (non-hydrogen) atoms. The quantitative estimate of drug-likeness (QED) is 0.724. The molecule has 0 aromatic carbocycles. The van der Waals surface area contributed by atoms with Gasteiger partial charge in [-0.3, -0.25) is 9.48 Å². The number of aromatic nitrogens is 2. The van der Waals surface area contributed by atoms with E-state index >= 15 is 0 Å². The van der Waals surface area contributed by atoms with E-state index < -0.39 is 0 Å². The third-order valence-electron chi connectivity index (χ3n) is 4.55. The van der Waals surface area contributed by atoms with Gasteiger partial charge in [0, 0.05) is 25.5 Å². The van der Waals surface area contributed by atoms with Crippen LogP contribution in [0.1, 0.15) is 75.8 Å². The lowest BCUT2D eigenvalue weighted by molar-refractivity contribution is -0.116. The van der Waals surface area contributed by atoms with E-state index in [1.165, 1.54) is 32.1 Å². The van der Waals surface area contributed by atoms with Crippen LogP contribution in [0.5, 0.6) is 0 Å². The maximum Gasteiger partial charge on any atom is 0.225 e. The van der Waals surface area contributed by atoms with Gasteiger partial charge in [-0.15, -0.1) is 0 Å².